The van der Waals surface area contributed by atoms with Gasteiger partial charge in [-0.2, -0.15) is 0 Å². The van der Waals surface area contributed by atoms with Crippen molar-refractivity contribution in [2.24, 2.45) is 0 Å². The predicted molar refractivity (Wildman–Crippen MR) is 155 cm³/mol. The van der Waals surface area contributed by atoms with Gasteiger partial charge in [-0.1, -0.05) is 92.2 Å². The van der Waals surface area contributed by atoms with E-state index in [1.807, 2.05) is 24.3 Å². The van der Waals surface area contributed by atoms with E-state index in [-0.39, 0.29) is 0 Å². The standard InChI is InChI=1S/C34H32N2/c1-2-3-10-26-15-17-28(18-16-26)33-25-29(21-24-34(33)36-31-13-8-5-9-14-31)27-19-22-32(23-20-27)35-30-11-6-4-7-12-30/h4-9,11-25,35-36H,2-3,10H2,1H3. The molecule has 2 nitrogen and oxygen atoms in total. The predicted octanol–water partition coefficient (Wildman–Crippen LogP) is 9.85. The van der Waals surface area contributed by atoms with Gasteiger partial charge in [0.25, 0.3) is 0 Å². The summed E-state index contributed by atoms with van der Waals surface area (Å²) in [6, 6.07) is 45.0. The van der Waals surface area contributed by atoms with Gasteiger partial charge >= 0.3 is 0 Å². The maximum atomic E-state index is 3.62. The molecule has 2 heteroatoms. The van der Waals surface area contributed by atoms with Gasteiger partial charge in [-0.15, -0.1) is 0 Å². The quantitative estimate of drug-likeness (QED) is 0.225. The number of aryl methyl sites for hydroxylation is 1. The van der Waals surface area contributed by atoms with Gasteiger partial charge in [-0.05, 0) is 83.6 Å². The van der Waals surface area contributed by atoms with Crippen molar-refractivity contribution in [2.75, 3.05) is 10.6 Å². The van der Waals surface area contributed by atoms with Crippen molar-refractivity contribution in [1.29, 1.82) is 0 Å². The fraction of sp³-hybridized carbons (Fsp3) is 0.118. The average Bonchev–Trinajstić information content (AvgIpc) is 2.94. The molecule has 0 unspecified atom stereocenters. The molecule has 0 atom stereocenters. The summed E-state index contributed by atoms with van der Waals surface area (Å²) >= 11 is 0. The first-order valence-electron chi connectivity index (χ1n) is 12.8. The highest BCUT2D eigenvalue weighted by Gasteiger charge is 2.09. The van der Waals surface area contributed by atoms with Crippen molar-refractivity contribution < 1.29 is 0 Å². The molecule has 0 aromatic heterocycles. The summed E-state index contributed by atoms with van der Waals surface area (Å²) in [7, 11) is 0. The van der Waals surface area contributed by atoms with Crippen LogP contribution in [0.1, 0.15) is 25.3 Å². The van der Waals surface area contributed by atoms with Crippen molar-refractivity contribution in [2.45, 2.75) is 26.2 Å². The minimum atomic E-state index is 1.08. The van der Waals surface area contributed by atoms with Gasteiger partial charge in [0.1, 0.15) is 0 Å². The van der Waals surface area contributed by atoms with Gasteiger partial charge in [-0.25, -0.2) is 0 Å². The Labute approximate surface area is 214 Å². The van der Waals surface area contributed by atoms with Crippen molar-refractivity contribution >= 4 is 22.7 Å². The third kappa shape index (κ3) is 5.84. The number of hydrogen-bond donors (Lipinski definition) is 2. The summed E-state index contributed by atoms with van der Waals surface area (Å²) < 4.78 is 0. The van der Waals surface area contributed by atoms with E-state index in [2.05, 4.69) is 121 Å². The first-order chi connectivity index (χ1) is 17.8. The monoisotopic (exact) mass is 468 g/mol. The average molecular weight is 469 g/mol. The van der Waals surface area contributed by atoms with Gasteiger partial charge in [0.05, 0.1) is 0 Å². The number of para-hydroxylation sites is 2. The highest BCUT2D eigenvalue weighted by atomic mass is 14.9. The Bertz CT molecular complexity index is 1370. The van der Waals surface area contributed by atoms with Gasteiger partial charge < -0.3 is 10.6 Å². The summed E-state index contributed by atoms with van der Waals surface area (Å²) in [6.07, 6.45) is 3.58. The van der Waals surface area contributed by atoms with Gasteiger partial charge in [0.2, 0.25) is 0 Å². The van der Waals surface area contributed by atoms with Crippen molar-refractivity contribution in [3.8, 4) is 22.3 Å². The molecule has 0 saturated heterocycles. The van der Waals surface area contributed by atoms with E-state index in [4.69, 9.17) is 0 Å². The Morgan fingerprint density at radius 2 is 1.06 bits per heavy atom. The molecule has 5 rings (SSSR count). The molecule has 0 fully saturated rings. The van der Waals surface area contributed by atoms with Crippen LogP contribution in [0.15, 0.2) is 127 Å². The number of unbranched alkanes of at least 4 members (excludes halogenated alkanes) is 1. The molecule has 0 radical (unpaired) electrons. The normalized spacial score (nSPS) is 10.7. The van der Waals surface area contributed by atoms with Crippen LogP contribution in [-0.4, -0.2) is 0 Å². The Kier molecular flexibility index (Phi) is 7.44. The van der Waals surface area contributed by atoms with Crippen LogP contribution in [-0.2, 0) is 6.42 Å². The SMILES string of the molecule is CCCCc1ccc(-c2cc(-c3ccc(Nc4ccccc4)cc3)ccc2Nc2ccccc2)cc1. The molecule has 2 N–H and O–H groups in total. The molecule has 0 spiro atoms. The van der Waals surface area contributed by atoms with E-state index in [1.165, 1.54) is 40.7 Å². The first-order valence-corrected chi connectivity index (χ1v) is 12.8. The minimum absolute atomic E-state index is 1.08. The lowest BCUT2D eigenvalue weighted by molar-refractivity contribution is 0.795. The second-order valence-corrected chi connectivity index (χ2v) is 9.12. The number of hydrogen-bond acceptors (Lipinski definition) is 2. The fourth-order valence-corrected chi connectivity index (χ4v) is 4.41. The Balaban J connectivity index is 1.45. The van der Waals surface area contributed by atoms with E-state index in [1.54, 1.807) is 0 Å². The highest BCUT2D eigenvalue weighted by molar-refractivity contribution is 5.85. The molecule has 0 heterocycles. The number of benzene rings is 5. The molecule has 0 aliphatic heterocycles. The van der Waals surface area contributed by atoms with Crippen LogP contribution in [0.2, 0.25) is 0 Å². The van der Waals surface area contributed by atoms with Crippen LogP contribution in [0.5, 0.6) is 0 Å². The Hall–Kier alpha value is -4.30. The van der Waals surface area contributed by atoms with Crippen molar-refractivity contribution in [1.82, 2.24) is 0 Å². The van der Waals surface area contributed by atoms with E-state index >= 15 is 0 Å². The first kappa shape index (κ1) is 23.4. The third-order valence-electron chi connectivity index (χ3n) is 6.44. The van der Waals surface area contributed by atoms with Crippen LogP contribution in [0.3, 0.4) is 0 Å². The fourth-order valence-electron chi connectivity index (χ4n) is 4.41. The summed E-state index contributed by atoms with van der Waals surface area (Å²) in [5.74, 6) is 0. The number of nitrogens with one attached hydrogen (secondary N) is 2. The maximum Gasteiger partial charge on any atom is 0.0464 e. The van der Waals surface area contributed by atoms with Crippen LogP contribution in [0.25, 0.3) is 22.3 Å². The summed E-state index contributed by atoms with van der Waals surface area (Å²) in [5, 5.41) is 7.09. The summed E-state index contributed by atoms with van der Waals surface area (Å²) in [6.45, 7) is 2.24. The zero-order chi connectivity index (χ0) is 24.6. The van der Waals surface area contributed by atoms with Crippen molar-refractivity contribution in [3.63, 3.8) is 0 Å². The molecule has 5 aromatic rings. The molecule has 36 heavy (non-hydrogen) atoms. The molecule has 5 aromatic carbocycles. The third-order valence-corrected chi connectivity index (χ3v) is 6.44. The Morgan fingerprint density at radius 1 is 0.500 bits per heavy atom. The van der Waals surface area contributed by atoms with E-state index in [0.29, 0.717) is 0 Å². The summed E-state index contributed by atoms with van der Waals surface area (Å²) in [4.78, 5) is 0. The molecular formula is C34H32N2. The Morgan fingerprint density at radius 3 is 1.69 bits per heavy atom. The molecule has 178 valence electrons. The minimum Gasteiger partial charge on any atom is -0.356 e. The van der Waals surface area contributed by atoms with E-state index in [9.17, 15) is 0 Å². The second kappa shape index (κ2) is 11.4. The van der Waals surface area contributed by atoms with Crippen molar-refractivity contribution in [3.05, 3.63) is 133 Å². The highest BCUT2D eigenvalue weighted by Crippen LogP contribution is 2.35. The second-order valence-electron chi connectivity index (χ2n) is 9.12. The zero-order valence-electron chi connectivity index (χ0n) is 20.7. The summed E-state index contributed by atoms with van der Waals surface area (Å²) in [5.41, 5.74) is 10.6. The molecule has 0 amide bonds. The van der Waals surface area contributed by atoms with Crippen LogP contribution in [0, 0.1) is 0 Å². The molecule has 0 saturated carbocycles. The lowest BCUT2D eigenvalue weighted by Crippen LogP contribution is -1.95. The number of anilines is 4. The smallest absolute Gasteiger partial charge is 0.0464 e. The van der Waals surface area contributed by atoms with Gasteiger partial charge in [0, 0.05) is 28.3 Å². The van der Waals surface area contributed by atoms with Crippen LogP contribution in [0.4, 0.5) is 22.7 Å². The largest absolute Gasteiger partial charge is 0.356 e. The van der Waals surface area contributed by atoms with Gasteiger partial charge in [-0.3, -0.25) is 0 Å². The molecule has 0 bridgehead atoms. The van der Waals surface area contributed by atoms with Gasteiger partial charge in [0.15, 0.2) is 0 Å². The zero-order valence-corrected chi connectivity index (χ0v) is 20.7. The maximum absolute atomic E-state index is 3.62. The van der Waals surface area contributed by atoms with Crippen LogP contribution >= 0.6 is 0 Å². The lowest BCUT2D eigenvalue weighted by atomic mass is 9.96. The number of rotatable bonds is 9. The molecule has 0 aliphatic carbocycles. The van der Waals surface area contributed by atoms with Crippen LogP contribution < -0.4 is 10.6 Å². The van der Waals surface area contributed by atoms with E-state index in [0.717, 1.165) is 29.2 Å². The van der Waals surface area contributed by atoms with E-state index < -0.39 is 0 Å². The molecule has 0 aliphatic rings. The lowest BCUT2D eigenvalue weighted by Gasteiger charge is -2.15. The topological polar surface area (TPSA) is 24.1 Å². The molecular weight excluding hydrogens is 436 g/mol.